The van der Waals surface area contributed by atoms with Gasteiger partial charge in [0.25, 0.3) is 10.0 Å². The van der Waals surface area contributed by atoms with E-state index in [1.165, 1.54) is 38.5 Å². The van der Waals surface area contributed by atoms with Gasteiger partial charge in [0.15, 0.2) is 11.5 Å². The molecule has 0 radical (unpaired) electrons. The van der Waals surface area contributed by atoms with Gasteiger partial charge in [-0.25, -0.2) is 8.42 Å². The molecule has 0 spiro atoms. The van der Waals surface area contributed by atoms with Crippen molar-refractivity contribution in [1.82, 2.24) is 0 Å². The molecule has 0 aliphatic heterocycles. The second-order valence-electron chi connectivity index (χ2n) is 4.24. The van der Waals surface area contributed by atoms with Gasteiger partial charge in [0.1, 0.15) is 0 Å². The quantitative estimate of drug-likeness (QED) is 0.825. The summed E-state index contributed by atoms with van der Waals surface area (Å²) in [6, 6.07) is 10.7. The highest BCUT2D eigenvalue weighted by molar-refractivity contribution is 7.92. The van der Waals surface area contributed by atoms with Crippen LogP contribution in [0.25, 0.3) is 0 Å². The number of hydrogen-bond donors (Lipinski definition) is 2. The minimum Gasteiger partial charge on any atom is -0.493 e. The Kier molecular flexibility index (Phi) is 4.23. The Morgan fingerprint density at radius 3 is 2.14 bits per heavy atom. The summed E-state index contributed by atoms with van der Waals surface area (Å²) in [4.78, 5) is 0.131. The summed E-state index contributed by atoms with van der Waals surface area (Å²) < 4.78 is 37.2. The van der Waals surface area contributed by atoms with E-state index < -0.39 is 10.0 Å². The van der Waals surface area contributed by atoms with Crippen molar-refractivity contribution in [2.75, 3.05) is 24.7 Å². The molecule has 2 rings (SSSR count). The van der Waals surface area contributed by atoms with Gasteiger partial charge in [0.05, 0.1) is 24.8 Å². The molecule has 6 nitrogen and oxygen atoms in total. The fourth-order valence-corrected chi connectivity index (χ4v) is 2.81. The van der Waals surface area contributed by atoms with Crippen molar-refractivity contribution in [3.05, 3.63) is 42.5 Å². The van der Waals surface area contributed by atoms with E-state index in [1.54, 1.807) is 18.2 Å². The van der Waals surface area contributed by atoms with Crippen molar-refractivity contribution in [1.29, 1.82) is 0 Å². The number of nitrogens with two attached hydrogens (primary N) is 1. The van der Waals surface area contributed by atoms with Crippen molar-refractivity contribution in [3.63, 3.8) is 0 Å². The molecule has 112 valence electrons. The van der Waals surface area contributed by atoms with E-state index in [4.69, 9.17) is 15.2 Å². The highest BCUT2D eigenvalue weighted by Crippen LogP contribution is 2.30. The van der Waals surface area contributed by atoms with E-state index in [9.17, 15) is 8.42 Å². The highest BCUT2D eigenvalue weighted by atomic mass is 32.2. The van der Waals surface area contributed by atoms with Gasteiger partial charge in [-0.05, 0) is 36.4 Å². The van der Waals surface area contributed by atoms with E-state index >= 15 is 0 Å². The smallest absolute Gasteiger partial charge is 0.261 e. The molecule has 3 N–H and O–H groups in total. The fraction of sp³-hybridized carbons (Fsp3) is 0.143. The number of ether oxygens (including phenoxy) is 2. The van der Waals surface area contributed by atoms with Crippen LogP contribution in [0.2, 0.25) is 0 Å². The first-order valence-corrected chi connectivity index (χ1v) is 7.55. The maximum absolute atomic E-state index is 12.2. The molecule has 0 aliphatic rings. The lowest BCUT2D eigenvalue weighted by Gasteiger charge is -2.12. The molecule has 0 bridgehead atoms. The largest absolute Gasteiger partial charge is 0.493 e. The van der Waals surface area contributed by atoms with Crippen LogP contribution in [0, 0.1) is 0 Å². The van der Waals surface area contributed by atoms with Gasteiger partial charge in [0, 0.05) is 11.8 Å². The first-order valence-electron chi connectivity index (χ1n) is 6.06. The molecule has 0 fully saturated rings. The Balaban J connectivity index is 2.30. The van der Waals surface area contributed by atoms with Gasteiger partial charge in [-0.1, -0.05) is 0 Å². The van der Waals surface area contributed by atoms with Gasteiger partial charge < -0.3 is 15.2 Å². The number of nitrogen functional groups attached to an aromatic ring is 1. The summed E-state index contributed by atoms with van der Waals surface area (Å²) in [5.74, 6) is 0.961. The molecule has 2 aromatic carbocycles. The summed E-state index contributed by atoms with van der Waals surface area (Å²) in [5, 5.41) is 0. The van der Waals surface area contributed by atoms with E-state index in [0.717, 1.165) is 0 Å². The average molecular weight is 308 g/mol. The van der Waals surface area contributed by atoms with Crippen LogP contribution in [-0.4, -0.2) is 22.6 Å². The summed E-state index contributed by atoms with van der Waals surface area (Å²) in [5.41, 5.74) is 6.43. The van der Waals surface area contributed by atoms with Crippen molar-refractivity contribution in [3.8, 4) is 11.5 Å². The molecule has 0 heterocycles. The third-order valence-corrected chi connectivity index (χ3v) is 4.22. The predicted octanol–water partition coefficient (Wildman–Crippen LogP) is 2.09. The summed E-state index contributed by atoms with van der Waals surface area (Å²) in [6.45, 7) is 0. The van der Waals surface area contributed by atoms with Crippen LogP contribution < -0.4 is 19.9 Å². The lowest BCUT2D eigenvalue weighted by Crippen LogP contribution is -2.13. The molecule has 2 aromatic rings. The van der Waals surface area contributed by atoms with Crippen LogP contribution in [0.4, 0.5) is 11.4 Å². The number of hydrogen-bond acceptors (Lipinski definition) is 5. The SMILES string of the molecule is COc1ccc(NS(=O)(=O)c2ccc(N)cc2)cc1OC. The maximum Gasteiger partial charge on any atom is 0.261 e. The molecule has 0 saturated carbocycles. The lowest BCUT2D eigenvalue weighted by atomic mass is 10.3. The predicted molar refractivity (Wildman–Crippen MR) is 81.2 cm³/mol. The van der Waals surface area contributed by atoms with Gasteiger partial charge in [-0.15, -0.1) is 0 Å². The van der Waals surface area contributed by atoms with Crippen LogP contribution in [-0.2, 0) is 10.0 Å². The molecule has 0 aromatic heterocycles. The molecular weight excluding hydrogens is 292 g/mol. The number of sulfonamides is 1. The van der Waals surface area contributed by atoms with Gasteiger partial charge >= 0.3 is 0 Å². The Labute approximate surface area is 123 Å². The van der Waals surface area contributed by atoms with E-state index in [2.05, 4.69) is 4.72 Å². The van der Waals surface area contributed by atoms with Crippen LogP contribution >= 0.6 is 0 Å². The average Bonchev–Trinajstić information content (AvgIpc) is 2.47. The zero-order chi connectivity index (χ0) is 15.5. The van der Waals surface area contributed by atoms with Crippen molar-refractivity contribution < 1.29 is 17.9 Å². The Bertz CT molecular complexity index is 727. The first-order chi connectivity index (χ1) is 9.96. The third-order valence-electron chi connectivity index (χ3n) is 2.83. The second kappa shape index (κ2) is 5.92. The van der Waals surface area contributed by atoms with Crippen LogP contribution in [0.1, 0.15) is 0 Å². The highest BCUT2D eigenvalue weighted by Gasteiger charge is 2.15. The number of benzene rings is 2. The van der Waals surface area contributed by atoms with Crippen molar-refractivity contribution in [2.24, 2.45) is 0 Å². The van der Waals surface area contributed by atoms with Crippen LogP contribution in [0.5, 0.6) is 11.5 Å². The van der Waals surface area contributed by atoms with E-state index in [0.29, 0.717) is 22.9 Å². The minimum absolute atomic E-state index is 0.131. The van der Waals surface area contributed by atoms with Gasteiger partial charge in [-0.2, -0.15) is 0 Å². The molecule has 0 saturated heterocycles. The zero-order valence-corrected chi connectivity index (χ0v) is 12.5. The van der Waals surface area contributed by atoms with Gasteiger partial charge in [-0.3, -0.25) is 4.72 Å². The molecule has 0 amide bonds. The van der Waals surface area contributed by atoms with E-state index in [-0.39, 0.29) is 4.90 Å². The lowest BCUT2D eigenvalue weighted by molar-refractivity contribution is 0.355. The number of nitrogens with one attached hydrogen (secondary N) is 1. The normalized spacial score (nSPS) is 11.0. The minimum atomic E-state index is -3.68. The Morgan fingerprint density at radius 1 is 0.952 bits per heavy atom. The second-order valence-corrected chi connectivity index (χ2v) is 5.93. The van der Waals surface area contributed by atoms with Crippen LogP contribution in [0.15, 0.2) is 47.4 Å². The zero-order valence-electron chi connectivity index (χ0n) is 11.7. The fourth-order valence-electron chi connectivity index (χ4n) is 1.76. The Hall–Kier alpha value is -2.41. The van der Waals surface area contributed by atoms with Crippen molar-refractivity contribution in [2.45, 2.75) is 4.90 Å². The standard InChI is InChI=1S/C14H16N2O4S/c1-19-13-8-5-11(9-14(13)20-2)16-21(17,18)12-6-3-10(15)4-7-12/h3-9,16H,15H2,1-2H3. The molecule has 0 unspecified atom stereocenters. The summed E-state index contributed by atoms with van der Waals surface area (Å²) >= 11 is 0. The van der Waals surface area contributed by atoms with Crippen molar-refractivity contribution >= 4 is 21.4 Å². The van der Waals surface area contributed by atoms with E-state index in [1.807, 2.05) is 0 Å². The summed E-state index contributed by atoms with van der Waals surface area (Å²) in [7, 11) is -0.684. The van der Waals surface area contributed by atoms with Gasteiger partial charge in [0.2, 0.25) is 0 Å². The molecular formula is C14H16N2O4S. The molecule has 0 atom stereocenters. The number of anilines is 2. The Morgan fingerprint density at radius 2 is 1.57 bits per heavy atom. The molecule has 7 heteroatoms. The topological polar surface area (TPSA) is 90.7 Å². The monoisotopic (exact) mass is 308 g/mol. The maximum atomic E-state index is 12.2. The number of rotatable bonds is 5. The summed E-state index contributed by atoms with van der Waals surface area (Å²) in [6.07, 6.45) is 0. The third kappa shape index (κ3) is 3.38. The number of methoxy groups -OCH3 is 2. The molecule has 0 aliphatic carbocycles. The van der Waals surface area contributed by atoms with Crippen LogP contribution in [0.3, 0.4) is 0 Å². The first kappa shape index (κ1) is 15.0. The molecule has 21 heavy (non-hydrogen) atoms.